The maximum Gasteiger partial charge on any atom is 0.416 e. The van der Waals surface area contributed by atoms with Gasteiger partial charge in [-0.15, -0.1) is 0 Å². The molecule has 1 saturated carbocycles. The molecule has 0 spiro atoms. The number of carbonyl (C=O) groups is 3. The van der Waals surface area contributed by atoms with Gasteiger partial charge in [-0.1, -0.05) is 62.9 Å². The van der Waals surface area contributed by atoms with Crippen molar-refractivity contribution in [3.63, 3.8) is 0 Å². The van der Waals surface area contributed by atoms with E-state index in [0.717, 1.165) is 61.8 Å². The lowest BCUT2D eigenvalue weighted by Gasteiger charge is -2.33. The Kier molecular flexibility index (Phi) is 10.1. The number of amides is 3. The number of rotatable bonds is 11. The van der Waals surface area contributed by atoms with Gasteiger partial charge in [-0.05, 0) is 72.9 Å². The van der Waals surface area contributed by atoms with Gasteiger partial charge in [0, 0.05) is 24.9 Å². The first-order valence-electron chi connectivity index (χ1n) is 14.7. The van der Waals surface area contributed by atoms with E-state index in [-0.39, 0.29) is 11.8 Å². The third kappa shape index (κ3) is 7.89. The minimum Gasteiger partial charge on any atom is -0.369 e. The zero-order valence-corrected chi connectivity index (χ0v) is 23.6. The van der Waals surface area contributed by atoms with Gasteiger partial charge >= 0.3 is 6.18 Å². The van der Waals surface area contributed by atoms with Gasteiger partial charge in [0.05, 0.1) is 5.56 Å². The molecule has 1 heterocycles. The van der Waals surface area contributed by atoms with Gasteiger partial charge in [0.1, 0.15) is 6.04 Å². The highest BCUT2D eigenvalue weighted by Crippen LogP contribution is 2.36. The Labute approximate surface area is 239 Å². The largest absolute Gasteiger partial charge is 0.416 e. The Morgan fingerprint density at radius 1 is 1.00 bits per heavy atom. The van der Waals surface area contributed by atoms with Gasteiger partial charge < -0.3 is 16.0 Å². The zero-order chi connectivity index (χ0) is 29.6. The van der Waals surface area contributed by atoms with E-state index < -0.39 is 35.5 Å². The standard InChI is InChI=1S/C32H40F3N3O3/c1-2-7-26(29(36)39)27(19-21-8-5-9-21)30(40)37-28-12-3-4-17-38(31(28)41)20-22-10-6-11-24(18-22)23-13-15-25(16-14-23)32(33,34)35/h6,10-11,13-16,18,21,26-28H,2-5,7-9,12,17,19-20H2,1H3,(H2,36,39)(H,37,40)/t26-,27+,28-/m0/s1. The van der Waals surface area contributed by atoms with Crippen molar-refractivity contribution in [2.45, 2.75) is 83.5 Å². The van der Waals surface area contributed by atoms with Crippen LogP contribution in [0, 0.1) is 17.8 Å². The second-order valence-corrected chi connectivity index (χ2v) is 11.5. The van der Waals surface area contributed by atoms with E-state index in [1.807, 2.05) is 31.2 Å². The minimum atomic E-state index is -4.40. The topological polar surface area (TPSA) is 92.5 Å². The van der Waals surface area contributed by atoms with Crippen LogP contribution >= 0.6 is 0 Å². The molecule has 0 radical (unpaired) electrons. The molecule has 41 heavy (non-hydrogen) atoms. The monoisotopic (exact) mass is 571 g/mol. The Bertz CT molecular complexity index is 1210. The molecular weight excluding hydrogens is 531 g/mol. The SMILES string of the molecule is CCC[C@H](C(N)=O)[C@@H](CC1CCC1)C(=O)N[C@H]1CCCCN(Cc2cccc(-c3ccc(C(F)(F)F)cc3)c2)C1=O. The predicted octanol–water partition coefficient (Wildman–Crippen LogP) is 6.08. The second-order valence-electron chi connectivity index (χ2n) is 11.5. The van der Waals surface area contributed by atoms with Crippen LogP contribution in [-0.4, -0.2) is 35.2 Å². The lowest BCUT2D eigenvalue weighted by molar-refractivity contribution is -0.140. The molecule has 2 aliphatic rings. The number of nitrogens with one attached hydrogen (secondary N) is 1. The molecule has 1 aliphatic heterocycles. The summed E-state index contributed by atoms with van der Waals surface area (Å²) in [6, 6.07) is 11.8. The molecule has 6 nitrogen and oxygen atoms in total. The maximum atomic E-state index is 13.6. The van der Waals surface area contributed by atoms with Crippen molar-refractivity contribution in [2.24, 2.45) is 23.5 Å². The third-order valence-corrected chi connectivity index (χ3v) is 8.54. The molecule has 4 rings (SSSR count). The van der Waals surface area contributed by atoms with Crippen LogP contribution in [-0.2, 0) is 27.1 Å². The third-order valence-electron chi connectivity index (χ3n) is 8.54. The van der Waals surface area contributed by atoms with Crippen LogP contribution in [0.4, 0.5) is 13.2 Å². The van der Waals surface area contributed by atoms with Crippen LogP contribution in [0.1, 0.15) is 75.8 Å². The van der Waals surface area contributed by atoms with Crippen LogP contribution in [0.5, 0.6) is 0 Å². The molecule has 2 fully saturated rings. The lowest BCUT2D eigenvalue weighted by Crippen LogP contribution is -2.51. The summed E-state index contributed by atoms with van der Waals surface area (Å²) in [6.07, 6.45) is 2.81. The molecule has 1 aliphatic carbocycles. The average Bonchev–Trinajstić information content (AvgIpc) is 3.07. The van der Waals surface area contributed by atoms with Crippen molar-refractivity contribution in [3.05, 3.63) is 59.7 Å². The number of nitrogens with zero attached hydrogens (tertiary/aromatic N) is 1. The maximum absolute atomic E-state index is 13.6. The van der Waals surface area contributed by atoms with Crippen LogP contribution in [0.15, 0.2) is 48.5 Å². The number of halogens is 3. The van der Waals surface area contributed by atoms with Crippen molar-refractivity contribution < 1.29 is 27.6 Å². The number of hydrogen-bond acceptors (Lipinski definition) is 3. The van der Waals surface area contributed by atoms with Crippen molar-refractivity contribution in [3.8, 4) is 11.1 Å². The highest BCUT2D eigenvalue weighted by atomic mass is 19.4. The number of nitrogens with two attached hydrogens (primary N) is 1. The van der Waals surface area contributed by atoms with E-state index in [1.54, 1.807) is 4.90 Å². The van der Waals surface area contributed by atoms with Crippen LogP contribution in [0.25, 0.3) is 11.1 Å². The summed E-state index contributed by atoms with van der Waals surface area (Å²) in [5, 5.41) is 3.00. The fraction of sp³-hybridized carbons (Fsp3) is 0.531. The predicted molar refractivity (Wildman–Crippen MR) is 151 cm³/mol. The molecule has 2 aromatic carbocycles. The van der Waals surface area contributed by atoms with Gasteiger partial charge in [0.15, 0.2) is 0 Å². The van der Waals surface area contributed by atoms with E-state index in [9.17, 15) is 27.6 Å². The van der Waals surface area contributed by atoms with E-state index in [1.165, 1.54) is 12.1 Å². The number of carbonyl (C=O) groups excluding carboxylic acids is 3. The number of likely N-dealkylation sites (tertiary alicyclic amines) is 1. The number of primary amides is 1. The summed E-state index contributed by atoms with van der Waals surface area (Å²) in [7, 11) is 0. The number of hydrogen-bond donors (Lipinski definition) is 2. The highest BCUT2D eigenvalue weighted by Gasteiger charge is 2.38. The normalized spacial score (nSPS) is 19.7. The van der Waals surface area contributed by atoms with Crippen LogP contribution in [0.3, 0.4) is 0 Å². The first kappa shape index (κ1) is 30.6. The van der Waals surface area contributed by atoms with Crippen molar-refractivity contribution in [1.82, 2.24) is 10.2 Å². The molecule has 0 unspecified atom stereocenters. The second kappa shape index (κ2) is 13.5. The number of benzene rings is 2. The van der Waals surface area contributed by atoms with Crippen molar-refractivity contribution >= 4 is 17.7 Å². The molecule has 3 amide bonds. The van der Waals surface area contributed by atoms with Crippen molar-refractivity contribution in [1.29, 1.82) is 0 Å². The van der Waals surface area contributed by atoms with E-state index >= 15 is 0 Å². The van der Waals surface area contributed by atoms with Gasteiger partial charge in [0.25, 0.3) is 0 Å². The summed E-state index contributed by atoms with van der Waals surface area (Å²) < 4.78 is 38.9. The smallest absolute Gasteiger partial charge is 0.369 e. The quantitative estimate of drug-likeness (QED) is 0.343. The summed E-state index contributed by atoms with van der Waals surface area (Å²) in [5.41, 5.74) is 7.29. The van der Waals surface area contributed by atoms with Gasteiger partial charge in [-0.25, -0.2) is 0 Å². The minimum absolute atomic E-state index is 0.163. The van der Waals surface area contributed by atoms with Crippen LogP contribution < -0.4 is 11.1 Å². The Morgan fingerprint density at radius 2 is 1.73 bits per heavy atom. The van der Waals surface area contributed by atoms with E-state index in [4.69, 9.17) is 5.73 Å². The molecule has 2 aromatic rings. The Hall–Kier alpha value is -3.36. The van der Waals surface area contributed by atoms with Gasteiger partial charge in [-0.3, -0.25) is 14.4 Å². The summed E-state index contributed by atoms with van der Waals surface area (Å²) in [5.74, 6) is -1.58. The lowest BCUT2D eigenvalue weighted by atomic mass is 9.74. The molecule has 0 aromatic heterocycles. The van der Waals surface area contributed by atoms with Gasteiger partial charge in [-0.2, -0.15) is 13.2 Å². The fourth-order valence-electron chi connectivity index (χ4n) is 5.99. The molecule has 3 atom stereocenters. The Balaban J connectivity index is 1.46. The fourth-order valence-corrected chi connectivity index (χ4v) is 5.99. The highest BCUT2D eigenvalue weighted by molar-refractivity contribution is 5.91. The van der Waals surface area contributed by atoms with E-state index in [2.05, 4.69) is 5.32 Å². The molecule has 9 heteroatoms. The average molecular weight is 572 g/mol. The summed E-state index contributed by atoms with van der Waals surface area (Å²) >= 11 is 0. The number of alkyl halides is 3. The zero-order valence-electron chi connectivity index (χ0n) is 23.6. The molecule has 0 bridgehead atoms. The molecule has 3 N–H and O–H groups in total. The van der Waals surface area contributed by atoms with Crippen LogP contribution in [0.2, 0.25) is 0 Å². The van der Waals surface area contributed by atoms with Crippen molar-refractivity contribution in [2.75, 3.05) is 6.54 Å². The first-order chi connectivity index (χ1) is 19.6. The first-order valence-corrected chi connectivity index (χ1v) is 14.7. The molecule has 222 valence electrons. The van der Waals surface area contributed by atoms with Gasteiger partial charge in [0.2, 0.25) is 17.7 Å². The summed E-state index contributed by atoms with van der Waals surface area (Å²) in [4.78, 5) is 41.2. The summed E-state index contributed by atoms with van der Waals surface area (Å²) in [6.45, 7) is 2.83. The molecular formula is C32H40F3N3O3. The van der Waals surface area contributed by atoms with E-state index in [0.29, 0.717) is 43.8 Å². The molecule has 1 saturated heterocycles. The Morgan fingerprint density at radius 3 is 2.34 bits per heavy atom.